The second kappa shape index (κ2) is 9.89. The number of benzene rings is 2. The van der Waals surface area contributed by atoms with Gasteiger partial charge in [-0.05, 0) is 42.8 Å². The van der Waals surface area contributed by atoms with E-state index in [1.807, 2.05) is 0 Å². The molecule has 8 nitrogen and oxygen atoms in total. The first kappa shape index (κ1) is 27.3. The van der Waals surface area contributed by atoms with E-state index in [1.165, 1.54) is 31.2 Å². The molecule has 0 unspecified atom stereocenters. The Hall–Kier alpha value is -4.69. The second-order valence-electron chi connectivity index (χ2n) is 8.17. The first-order chi connectivity index (χ1) is 18.1. The van der Waals surface area contributed by atoms with E-state index < -0.39 is 65.1 Å². The lowest BCUT2D eigenvalue weighted by Crippen LogP contribution is -2.20. The average Bonchev–Trinajstić information content (AvgIpc) is 3.13. The predicted octanol–water partition coefficient (Wildman–Crippen LogP) is 5.20. The third-order valence-electron chi connectivity index (χ3n) is 5.46. The fourth-order valence-corrected chi connectivity index (χ4v) is 3.79. The summed E-state index contributed by atoms with van der Waals surface area (Å²) in [6.45, 7) is 0.770. The van der Waals surface area contributed by atoms with Crippen molar-refractivity contribution >= 4 is 28.4 Å². The number of nitrogens with zero attached hydrogens (tertiary/aromatic N) is 3. The van der Waals surface area contributed by atoms with Crippen molar-refractivity contribution in [2.24, 2.45) is 5.73 Å². The van der Waals surface area contributed by atoms with Gasteiger partial charge in [0.15, 0.2) is 5.69 Å². The van der Waals surface area contributed by atoms with Crippen molar-refractivity contribution in [1.82, 2.24) is 14.8 Å². The zero-order chi connectivity index (χ0) is 28.7. The monoisotopic (exact) mass is 555 g/mol. The molecule has 2 aromatic heterocycles. The molecule has 2 heterocycles. The van der Waals surface area contributed by atoms with Crippen LogP contribution in [0.15, 0.2) is 48.5 Å². The van der Waals surface area contributed by atoms with Gasteiger partial charge >= 0.3 is 12.5 Å². The van der Waals surface area contributed by atoms with Crippen LogP contribution in [0, 0.1) is 12.7 Å². The SMILES string of the molecule is Cc1c(NC(=O)c2cc(C(N)=O)nc3cccc(F)c23)c(C(F)(F)F)nn1Cc1cccc(OC(F)(F)F)c1. The number of amides is 2. The molecule has 0 atom stereocenters. The Labute approximate surface area is 214 Å². The Morgan fingerprint density at radius 1 is 1.05 bits per heavy atom. The summed E-state index contributed by atoms with van der Waals surface area (Å²) in [6.07, 6.45) is -10.0. The fourth-order valence-electron chi connectivity index (χ4n) is 3.79. The van der Waals surface area contributed by atoms with Crippen molar-refractivity contribution in [3.63, 3.8) is 0 Å². The van der Waals surface area contributed by atoms with Gasteiger partial charge in [0.25, 0.3) is 11.8 Å². The van der Waals surface area contributed by atoms with E-state index >= 15 is 0 Å². The molecule has 0 saturated carbocycles. The molecule has 15 heteroatoms. The van der Waals surface area contributed by atoms with Crippen LogP contribution in [-0.2, 0) is 12.7 Å². The van der Waals surface area contributed by atoms with Gasteiger partial charge in [0.1, 0.15) is 17.3 Å². The van der Waals surface area contributed by atoms with E-state index in [2.05, 4.69) is 20.1 Å². The zero-order valence-electron chi connectivity index (χ0n) is 19.6. The van der Waals surface area contributed by atoms with Gasteiger partial charge in [-0.2, -0.15) is 18.3 Å². The molecule has 0 saturated heterocycles. The largest absolute Gasteiger partial charge is 0.573 e. The van der Waals surface area contributed by atoms with E-state index in [4.69, 9.17) is 5.73 Å². The molecule has 0 aliphatic heterocycles. The number of hydrogen-bond acceptors (Lipinski definition) is 5. The number of alkyl halides is 6. The molecule has 0 aliphatic carbocycles. The smallest absolute Gasteiger partial charge is 0.406 e. The molecule has 0 fully saturated rings. The van der Waals surface area contributed by atoms with E-state index in [0.717, 1.165) is 28.9 Å². The number of halogens is 7. The molecule has 0 bridgehead atoms. The highest BCUT2D eigenvalue weighted by atomic mass is 19.4. The number of carbonyl (C=O) groups is 2. The number of nitrogens with two attached hydrogens (primary N) is 1. The molecule has 0 radical (unpaired) electrons. The lowest BCUT2D eigenvalue weighted by atomic mass is 10.1. The van der Waals surface area contributed by atoms with Gasteiger partial charge in [0.05, 0.1) is 29.0 Å². The van der Waals surface area contributed by atoms with Gasteiger partial charge in [-0.1, -0.05) is 18.2 Å². The van der Waals surface area contributed by atoms with Crippen LogP contribution in [0.25, 0.3) is 10.9 Å². The second-order valence-corrected chi connectivity index (χ2v) is 8.17. The van der Waals surface area contributed by atoms with Crippen LogP contribution >= 0.6 is 0 Å². The summed E-state index contributed by atoms with van der Waals surface area (Å²) in [5.41, 5.74) is 1.76. The maximum atomic E-state index is 14.6. The minimum atomic E-state index is -5.07. The van der Waals surface area contributed by atoms with Crippen LogP contribution in [0.4, 0.5) is 36.4 Å². The van der Waals surface area contributed by atoms with Gasteiger partial charge < -0.3 is 15.8 Å². The third-order valence-corrected chi connectivity index (χ3v) is 5.46. The molecule has 0 aliphatic rings. The maximum absolute atomic E-state index is 14.6. The van der Waals surface area contributed by atoms with Crippen molar-refractivity contribution < 1.29 is 45.1 Å². The summed E-state index contributed by atoms with van der Waals surface area (Å²) >= 11 is 0. The summed E-state index contributed by atoms with van der Waals surface area (Å²) in [5.74, 6) is -3.80. The highest BCUT2D eigenvalue weighted by Crippen LogP contribution is 2.37. The van der Waals surface area contributed by atoms with E-state index in [-0.39, 0.29) is 22.2 Å². The molecule has 2 amide bonds. The Bertz CT molecular complexity index is 1600. The molecule has 204 valence electrons. The standard InChI is InChI=1S/C24H16F7N5O3/c1-11-19(34-22(38)14-9-17(21(32)37)33-16-7-3-6-15(25)18(14)16)20(23(26,27)28)35-36(11)10-12-4-2-5-13(8-12)39-24(29,30)31/h2-9H,10H2,1H3,(H2,32,37)(H,34,38). The number of aromatic nitrogens is 3. The number of pyridine rings is 1. The van der Waals surface area contributed by atoms with Gasteiger partial charge in [0.2, 0.25) is 0 Å². The molecule has 4 aromatic rings. The zero-order valence-corrected chi connectivity index (χ0v) is 19.6. The molecule has 4 rings (SSSR count). The number of ether oxygens (including phenoxy) is 1. The molecule has 39 heavy (non-hydrogen) atoms. The van der Waals surface area contributed by atoms with Crippen molar-refractivity contribution in [2.75, 3.05) is 5.32 Å². The van der Waals surface area contributed by atoms with Crippen LogP contribution in [0.2, 0.25) is 0 Å². The van der Waals surface area contributed by atoms with Crippen LogP contribution in [0.1, 0.15) is 37.8 Å². The van der Waals surface area contributed by atoms with Crippen LogP contribution < -0.4 is 15.8 Å². The number of rotatable bonds is 6. The number of primary amides is 1. The summed E-state index contributed by atoms with van der Waals surface area (Å²) in [4.78, 5) is 28.7. The quantitative estimate of drug-likeness (QED) is 0.318. The maximum Gasteiger partial charge on any atom is 0.573 e. The molecule has 3 N–H and O–H groups in total. The average molecular weight is 555 g/mol. The van der Waals surface area contributed by atoms with Crippen molar-refractivity contribution in [3.05, 3.63) is 82.6 Å². The highest BCUT2D eigenvalue weighted by molar-refractivity contribution is 6.14. The topological polar surface area (TPSA) is 112 Å². The van der Waals surface area contributed by atoms with E-state index in [1.54, 1.807) is 0 Å². The number of hydrogen-bond donors (Lipinski definition) is 2. The number of nitrogens with one attached hydrogen (secondary N) is 1. The van der Waals surface area contributed by atoms with E-state index in [0.29, 0.717) is 0 Å². The van der Waals surface area contributed by atoms with Crippen LogP contribution in [0.3, 0.4) is 0 Å². The Balaban J connectivity index is 1.75. The van der Waals surface area contributed by atoms with Gasteiger partial charge in [-0.25, -0.2) is 9.37 Å². The van der Waals surface area contributed by atoms with Gasteiger partial charge in [0, 0.05) is 5.39 Å². The molecular formula is C24H16F7N5O3. The van der Waals surface area contributed by atoms with Crippen LogP contribution in [0.5, 0.6) is 5.75 Å². The summed E-state index contributed by atoms with van der Waals surface area (Å²) in [6, 6.07) is 8.91. The fraction of sp³-hybridized carbons (Fsp3) is 0.167. The van der Waals surface area contributed by atoms with Gasteiger partial charge in [-0.3, -0.25) is 14.3 Å². The summed E-state index contributed by atoms with van der Waals surface area (Å²) in [7, 11) is 0. The Kier molecular flexibility index (Phi) is 6.93. The van der Waals surface area contributed by atoms with E-state index in [9.17, 15) is 40.3 Å². The van der Waals surface area contributed by atoms with Crippen molar-refractivity contribution in [2.45, 2.75) is 26.0 Å². The number of carbonyl (C=O) groups excluding carboxylic acids is 2. The molecule has 0 spiro atoms. The highest BCUT2D eigenvalue weighted by Gasteiger charge is 2.39. The molecular weight excluding hydrogens is 539 g/mol. The normalized spacial score (nSPS) is 12.0. The number of anilines is 1. The molecule has 2 aromatic carbocycles. The summed E-state index contributed by atoms with van der Waals surface area (Å²) in [5, 5.41) is 5.22. The Morgan fingerprint density at radius 3 is 2.38 bits per heavy atom. The summed E-state index contributed by atoms with van der Waals surface area (Å²) < 4.78 is 98.5. The lowest BCUT2D eigenvalue weighted by Gasteiger charge is -2.12. The predicted molar refractivity (Wildman–Crippen MR) is 122 cm³/mol. The van der Waals surface area contributed by atoms with Crippen molar-refractivity contribution in [1.29, 1.82) is 0 Å². The van der Waals surface area contributed by atoms with Crippen LogP contribution in [-0.4, -0.2) is 32.9 Å². The van der Waals surface area contributed by atoms with Crippen molar-refractivity contribution in [3.8, 4) is 5.75 Å². The first-order valence-electron chi connectivity index (χ1n) is 10.8. The third kappa shape index (κ3) is 5.91. The minimum absolute atomic E-state index is 0.113. The first-order valence-corrected chi connectivity index (χ1v) is 10.8. The van der Waals surface area contributed by atoms with Gasteiger partial charge in [-0.15, -0.1) is 13.2 Å². The lowest BCUT2D eigenvalue weighted by molar-refractivity contribution is -0.274. The number of fused-ring (bicyclic) bond motifs is 1. The Morgan fingerprint density at radius 2 is 1.74 bits per heavy atom. The minimum Gasteiger partial charge on any atom is -0.406 e.